The van der Waals surface area contributed by atoms with Gasteiger partial charge in [0, 0.05) is 31.7 Å². The van der Waals surface area contributed by atoms with Crippen LogP contribution in [0.1, 0.15) is 39.2 Å². The largest absolute Gasteiger partial charge is 0.310 e. The second-order valence-electron chi connectivity index (χ2n) is 4.94. The van der Waals surface area contributed by atoms with E-state index in [2.05, 4.69) is 15.5 Å². The molecular formula is C12H24N4O2S. The molecule has 1 aromatic rings. The van der Waals surface area contributed by atoms with Gasteiger partial charge in [-0.15, -0.1) is 0 Å². The average Bonchev–Trinajstić information content (AvgIpc) is 2.82. The number of H-pyrrole nitrogens is 1. The Morgan fingerprint density at radius 1 is 1.47 bits per heavy atom. The standard InChI is InChI=1S/C12H24N4O2S/c1-5-6-7-16(4)19(17,18)12-11(9-14-15-12)8-13-10(2)3/h9-10,13H,5-8H2,1-4H3,(H,14,15). The molecule has 0 aliphatic rings. The molecule has 0 aliphatic heterocycles. The third kappa shape index (κ3) is 4.29. The van der Waals surface area contributed by atoms with Gasteiger partial charge in [0.05, 0.1) is 6.20 Å². The van der Waals surface area contributed by atoms with Crippen molar-refractivity contribution in [2.24, 2.45) is 0 Å². The van der Waals surface area contributed by atoms with Gasteiger partial charge in [-0.25, -0.2) is 8.42 Å². The Balaban J connectivity index is 2.86. The van der Waals surface area contributed by atoms with Crippen LogP contribution in [0.4, 0.5) is 0 Å². The van der Waals surface area contributed by atoms with Crippen molar-refractivity contribution in [3.63, 3.8) is 0 Å². The minimum Gasteiger partial charge on any atom is -0.310 e. The van der Waals surface area contributed by atoms with Gasteiger partial charge in [-0.1, -0.05) is 27.2 Å². The molecule has 6 nitrogen and oxygen atoms in total. The smallest absolute Gasteiger partial charge is 0.260 e. The molecule has 19 heavy (non-hydrogen) atoms. The molecule has 0 spiro atoms. The highest BCUT2D eigenvalue weighted by atomic mass is 32.2. The van der Waals surface area contributed by atoms with Crippen LogP contribution in [0.3, 0.4) is 0 Å². The molecule has 0 saturated heterocycles. The molecular weight excluding hydrogens is 264 g/mol. The molecule has 2 N–H and O–H groups in total. The van der Waals surface area contributed by atoms with E-state index < -0.39 is 10.0 Å². The second kappa shape index (κ2) is 7.02. The number of hydrogen-bond acceptors (Lipinski definition) is 4. The van der Waals surface area contributed by atoms with Crippen LogP contribution < -0.4 is 5.32 Å². The van der Waals surface area contributed by atoms with Crippen molar-refractivity contribution in [1.82, 2.24) is 19.8 Å². The first-order valence-electron chi connectivity index (χ1n) is 6.61. The van der Waals surface area contributed by atoms with E-state index in [9.17, 15) is 8.42 Å². The Bertz CT molecular complexity index is 482. The van der Waals surface area contributed by atoms with Gasteiger partial charge in [0.25, 0.3) is 10.0 Å². The van der Waals surface area contributed by atoms with Crippen LogP contribution in [0.25, 0.3) is 0 Å². The zero-order valence-corrected chi connectivity index (χ0v) is 12.9. The Kier molecular flexibility index (Phi) is 5.96. The molecule has 0 amide bonds. The Labute approximate surface area is 115 Å². The van der Waals surface area contributed by atoms with E-state index in [-0.39, 0.29) is 5.03 Å². The number of aromatic amines is 1. The van der Waals surface area contributed by atoms with Crippen molar-refractivity contribution in [2.75, 3.05) is 13.6 Å². The van der Waals surface area contributed by atoms with Gasteiger partial charge in [0.15, 0.2) is 5.03 Å². The van der Waals surface area contributed by atoms with Gasteiger partial charge in [-0.2, -0.15) is 9.40 Å². The molecule has 1 aromatic heterocycles. The third-order valence-electron chi connectivity index (χ3n) is 2.87. The lowest BCUT2D eigenvalue weighted by molar-refractivity contribution is 0.455. The molecule has 0 bridgehead atoms. The highest BCUT2D eigenvalue weighted by Gasteiger charge is 2.25. The molecule has 0 fully saturated rings. The van der Waals surface area contributed by atoms with Gasteiger partial charge in [0.1, 0.15) is 0 Å². The van der Waals surface area contributed by atoms with Crippen LogP contribution in [-0.2, 0) is 16.6 Å². The zero-order chi connectivity index (χ0) is 14.5. The highest BCUT2D eigenvalue weighted by molar-refractivity contribution is 7.89. The first-order valence-corrected chi connectivity index (χ1v) is 8.05. The Hall–Kier alpha value is -0.920. The molecule has 0 atom stereocenters. The predicted octanol–water partition coefficient (Wildman–Crippen LogP) is 1.33. The fourth-order valence-electron chi connectivity index (χ4n) is 1.62. The summed E-state index contributed by atoms with van der Waals surface area (Å²) in [5, 5.41) is 9.86. The van der Waals surface area contributed by atoms with Gasteiger partial charge in [-0.05, 0) is 6.42 Å². The third-order valence-corrected chi connectivity index (χ3v) is 4.75. The van der Waals surface area contributed by atoms with Crippen molar-refractivity contribution in [3.05, 3.63) is 11.8 Å². The van der Waals surface area contributed by atoms with Crippen LogP contribution >= 0.6 is 0 Å². The maximum atomic E-state index is 12.4. The normalized spacial score (nSPS) is 12.5. The van der Waals surface area contributed by atoms with E-state index in [0.717, 1.165) is 12.8 Å². The number of sulfonamides is 1. The van der Waals surface area contributed by atoms with E-state index in [1.54, 1.807) is 13.2 Å². The van der Waals surface area contributed by atoms with Crippen molar-refractivity contribution in [2.45, 2.75) is 51.2 Å². The van der Waals surface area contributed by atoms with Crippen LogP contribution in [0.2, 0.25) is 0 Å². The first-order chi connectivity index (χ1) is 8.89. The molecule has 0 radical (unpaired) electrons. The van der Waals surface area contributed by atoms with Crippen molar-refractivity contribution < 1.29 is 8.42 Å². The maximum Gasteiger partial charge on any atom is 0.260 e. The quantitative estimate of drug-likeness (QED) is 0.756. The molecule has 7 heteroatoms. The molecule has 110 valence electrons. The summed E-state index contributed by atoms with van der Waals surface area (Å²) < 4.78 is 26.2. The second-order valence-corrected chi connectivity index (χ2v) is 6.92. The number of aromatic nitrogens is 2. The lowest BCUT2D eigenvalue weighted by atomic mass is 10.3. The molecule has 0 aromatic carbocycles. The van der Waals surface area contributed by atoms with Gasteiger partial charge in [-0.3, -0.25) is 5.10 Å². The van der Waals surface area contributed by atoms with Gasteiger partial charge >= 0.3 is 0 Å². The fraction of sp³-hybridized carbons (Fsp3) is 0.750. The summed E-state index contributed by atoms with van der Waals surface area (Å²) in [6.07, 6.45) is 3.38. The predicted molar refractivity (Wildman–Crippen MR) is 75.3 cm³/mol. The summed E-state index contributed by atoms with van der Waals surface area (Å²) in [6.45, 7) is 7.08. The maximum absolute atomic E-state index is 12.4. The summed E-state index contributed by atoms with van der Waals surface area (Å²) in [5.74, 6) is 0. The minimum atomic E-state index is -3.47. The molecule has 1 rings (SSSR count). The van der Waals surface area contributed by atoms with Crippen molar-refractivity contribution >= 4 is 10.0 Å². The summed E-state index contributed by atoms with van der Waals surface area (Å²) >= 11 is 0. The molecule has 0 aliphatic carbocycles. The molecule has 1 heterocycles. The number of unbranched alkanes of at least 4 members (excludes halogenated alkanes) is 1. The number of hydrogen-bond donors (Lipinski definition) is 2. The van der Waals surface area contributed by atoms with Crippen LogP contribution in [0.15, 0.2) is 11.2 Å². The SMILES string of the molecule is CCCCN(C)S(=O)(=O)c1[nH]ncc1CNC(C)C. The van der Waals surface area contributed by atoms with E-state index in [0.29, 0.717) is 24.7 Å². The lowest BCUT2D eigenvalue weighted by Gasteiger charge is -2.17. The van der Waals surface area contributed by atoms with Crippen molar-refractivity contribution in [1.29, 1.82) is 0 Å². The van der Waals surface area contributed by atoms with Crippen LogP contribution in [-0.4, -0.2) is 42.6 Å². The van der Waals surface area contributed by atoms with E-state index >= 15 is 0 Å². The van der Waals surface area contributed by atoms with Crippen LogP contribution in [0, 0.1) is 0 Å². The molecule has 0 unspecified atom stereocenters. The Morgan fingerprint density at radius 2 is 2.16 bits per heavy atom. The van der Waals surface area contributed by atoms with Crippen LogP contribution in [0.5, 0.6) is 0 Å². The summed E-state index contributed by atoms with van der Waals surface area (Å²) in [7, 11) is -1.87. The number of nitrogens with one attached hydrogen (secondary N) is 2. The minimum absolute atomic E-state index is 0.194. The van der Waals surface area contributed by atoms with E-state index in [4.69, 9.17) is 0 Å². The zero-order valence-electron chi connectivity index (χ0n) is 12.1. The first kappa shape index (κ1) is 16.1. The van der Waals surface area contributed by atoms with E-state index in [1.807, 2.05) is 20.8 Å². The highest BCUT2D eigenvalue weighted by Crippen LogP contribution is 2.16. The summed E-state index contributed by atoms with van der Waals surface area (Å²) in [4.78, 5) is 0. The lowest BCUT2D eigenvalue weighted by Crippen LogP contribution is -2.30. The van der Waals surface area contributed by atoms with Gasteiger partial charge in [0.2, 0.25) is 0 Å². The number of nitrogens with zero attached hydrogens (tertiary/aromatic N) is 2. The molecule has 0 saturated carbocycles. The fourth-order valence-corrected chi connectivity index (χ4v) is 2.92. The van der Waals surface area contributed by atoms with Crippen molar-refractivity contribution in [3.8, 4) is 0 Å². The average molecular weight is 288 g/mol. The Morgan fingerprint density at radius 3 is 2.74 bits per heavy atom. The monoisotopic (exact) mass is 288 g/mol. The van der Waals surface area contributed by atoms with Gasteiger partial charge < -0.3 is 5.32 Å². The van der Waals surface area contributed by atoms with E-state index in [1.165, 1.54) is 4.31 Å². The summed E-state index contributed by atoms with van der Waals surface area (Å²) in [6, 6.07) is 0.295. The topological polar surface area (TPSA) is 78.1 Å². The number of rotatable bonds is 8. The summed E-state index contributed by atoms with van der Waals surface area (Å²) in [5.41, 5.74) is 0.678.